The number of hydrogen-bond donors (Lipinski definition) is 0. The highest BCUT2D eigenvalue weighted by Crippen LogP contribution is 2.49. The van der Waals surface area contributed by atoms with Crippen LogP contribution in [0, 0.1) is 11.3 Å². The SMILES string of the molecule is CCC1CCC2(CCN(C)CC2)C1. The number of likely N-dealkylation sites (tertiary alicyclic amines) is 1. The third-order valence-electron chi connectivity index (χ3n) is 4.43. The lowest BCUT2D eigenvalue weighted by molar-refractivity contribution is 0.123. The molecule has 0 aromatic carbocycles. The van der Waals surface area contributed by atoms with Crippen LogP contribution >= 0.6 is 0 Å². The molecule has 2 aliphatic rings. The summed E-state index contributed by atoms with van der Waals surface area (Å²) in [7, 11) is 2.26. The van der Waals surface area contributed by atoms with Crippen molar-refractivity contribution in [3.63, 3.8) is 0 Å². The predicted octanol–water partition coefficient (Wildman–Crippen LogP) is 2.91. The molecule has 0 bridgehead atoms. The van der Waals surface area contributed by atoms with Crippen LogP contribution in [-0.2, 0) is 0 Å². The van der Waals surface area contributed by atoms with Crippen molar-refractivity contribution in [1.29, 1.82) is 0 Å². The highest BCUT2D eigenvalue weighted by molar-refractivity contribution is 4.92. The van der Waals surface area contributed by atoms with E-state index in [0.717, 1.165) is 11.3 Å². The van der Waals surface area contributed by atoms with E-state index in [0.29, 0.717) is 0 Å². The molecule has 2 rings (SSSR count). The summed E-state index contributed by atoms with van der Waals surface area (Å²) in [6, 6.07) is 0. The summed E-state index contributed by atoms with van der Waals surface area (Å²) >= 11 is 0. The Labute approximate surface area is 82.5 Å². The van der Waals surface area contributed by atoms with E-state index < -0.39 is 0 Å². The van der Waals surface area contributed by atoms with Gasteiger partial charge in [-0.2, -0.15) is 0 Å². The Morgan fingerprint density at radius 2 is 1.92 bits per heavy atom. The van der Waals surface area contributed by atoms with E-state index in [4.69, 9.17) is 0 Å². The van der Waals surface area contributed by atoms with E-state index in [-0.39, 0.29) is 0 Å². The molecule has 1 nitrogen and oxygen atoms in total. The van der Waals surface area contributed by atoms with Crippen molar-refractivity contribution < 1.29 is 0 Å². The van der Waals surface area contributed by atoms with Crippen LogP contribution in [0.1, 0.15) is 45.4 Å². The third kappa shape index (κ3) is 1.90. The van der Waals surface area contributed by atoms with Gasteiger partial charge in [0.25, 0.3) is 0 Å². The van der Waals surface area contributed by atoms with Gasteiger partial charge in [-0.05, 0) is 63.6 Å². The second-order valence-electron chi connectivity index (χ2n) is 5.32. The zero-order valence-electron chi connectivity index (χ0n) is 9.18. The van der Waals surface area contributed by atoms with Gasteiger partial charge >= 0.3 is 0 Å². The standard InChI is InChI=1S/C12H23N/c1-3-11-4-5-12(10-11)6-8-13(2)9-7-12/h11H,3-10H2,1-2H3. The minimum absolute atomic E-state index is 0.785. The van der Waals surface area contributed by atoms with Crippen molar-refractivity contribution in [2.75, 3.05) is 20.1 Å². The molecule has 0 aromatic heterocycles. The molecule has 0 N–H and O–H groups in total. The normalized spacial score (nSPS) is 34.2. The van der Waals surface area contributed by atoms with Crippen LogP contribution in [0.25, 0.3) is 0 Å². The van der Waals surface area contributed by atoms with Crippen molar-refractivity contribution in [3.8, 4) is 0 Å². The van der Waals surface area contributed by atoms with Gasteiger partial charge in [-0.3, -0.25) is 0 Å². The molecule has 13 heavy (non-hydrogen) atoms. The minimum atomic E-state index is 0.785. The average molecular weight is 181 g/mol. The van der Waals surface area contributed by atoms with Crippen LogP contribution in [-0.4, -0.2) is 25.0 Å². The maximum Gasteiger partial charge on any atom is -0.00165 e. The van der Waals surface area contributed by atoms with E-state index in [1.54, 1.807) is 0 Å². The molecular weight excluding hydrogens is 158 g/mol. The van der Waals surface area contributed by atoms with Gasteiger partial charge in [-0.1, -0.05) is 13.3 Å². The molecule has 1 saturated carbocycles. The Morgan fingerprint density at radius 1 is 1.23 bits per heavy atom. The lowest BCUT2D eigenvalue weighted by Crippen LogP contribution is -2.36. The zero-order chi connectivity index (χ0) is 9.31. The number of rotatable bonds is 1. The summed E-state index contributed by atoms with van der Waals surface area (Å²) in [6.45, 7) is 5.05. The predicted molar refractivity (Wildman–Crippen MR) is 56.8 cm³/mol. The molecule has 1 heteroatoms. The van der Waals surface area contributed by atoms with Crippen LogP contribution in [0.2, 0.25) is 0 Å². The Balaban J connectivity index is 1.92. The summed E-state index contributed by atoms with van der Waals surface area (Å²) in [5.74, 6) is 1.06. The van der Waals surface area contributed by atoms with Crippen molar-refractivity contribution in [2.45, 2.75) is 45.4 Å². The maximum atomic E-state index is 2.49. The fraction of sp³-hybridized carbons (Fsp3) is 1.00. The lowest BCUT2D eigenvalue weighted by atomic mass is 9.76. The molecule has 0 amide bonds. The van der Waals surface area contributed by atoms with Crippen molar-refractivity contribution in [1.82, 2.24) is 4.90 Å². The summed E-state index contributed by atoms with van der Waals surface area (Å²) in [5, 5.41) is 0. The van der Waals surface area contributed by atoms with Gasteiger partial charge in [0.1, 0.15) is 0 Å². The lowest BCUT2D eigenvalue weighted by Gasteiger charge is -2.38. The molecule has 1 aliphatic carbocycles. The molecule has 1 heterocycles. The summed E-state index contributed by atoms with van der Waals surface area (Å²) in [5.41, 5.74) is 0.785. The van der Waals surface area contributed by atoms with Crippen molar-refractivity contribution in [3.05, 3.63) is 0 Å². The van der Waals surface area contributed by atoms with Gasteiger partial charge in [0, 0.05) is 0 Å². The zero-order valence-corrected chi connectivity index (χ0v) is 9.18. The quantitative estimate of drug-likeness (QED) is 0.601. The van der Waals surface area contributed by atoms with Gasteiger partial charge < -0.3 is 4.90 Å². The van der Waals surface area contributed by atoms with Gasteiger partial charge in [-0.15, -0.1) is 0 Å². The van der Waals surface area contributed by atoms with E-state index in [1.807, 2.05) is 0 Å². The summed E-state index contributed by atoms with van der Waals surface area (Å²) < 4.78 is 0. The van der Waals surface area contributed by atoms with Crippen LogP contribution in [0.5, 0.6) is 0 Å². The molecule has 1 aliphatic heterocycles. The highest BCUT2D eigenvalue weighted by atomic mass is 15.1. The van der Waals surface area contributed by atoms with Crippen LogP contribution in [0.4, 0.5) is 0 Å². The molecular formula is C12H23N. The van der Waals surface area contributed by atoms with E-state index in [2.05, 4.69) is 18.9 Å². The van der Waals surface area contributed by atoms with Gasteiger partial charge in [0.15, 0.2) is 0 Å². The summed E-state index contributed by atoms with van der Waals surface area (Å²) in [6.07, 6.45) is 8.94. The third-order valence-corrected chi connectivity index (χ3v) is 4.43. The second-order valence-corrected chi connectivity index (χ2v) is 5.32. The number of hydrogen-bond acceptors (Lipinski definition) is 1. The fourth-order valence-electron chi connectivity index (χ4n) is 3.22. The van der Waals surface area contributed by atoms with Crippen molar-refractivity contribution in [2.24, 2.45) is 11.3 Å². The Morgan fingerprint density at radius 3 is 2.46 bits per heavy atom. The largest absolute Gasteiger partial charge is 0.306 e. The van der Waals surface area contributed by atoms with Gasteiger partial charge in [0.05, 0.1) is 0 Å². The molecule has 1 spiro atoms. The monoisotopic (exact) mass is 181 g/mol. The van der Waals surface area contributed by atoms with Crippen LogP contribution in [0.3, 0.4) is 0 Å². The molecule has 76 valence electrons. The summed E-state index contributed by atoms with van der Waals surface area (Å²) in [4.78, 5) is 2.49. The van der Waals surface area contributed by atoms with E-state index in [9.17, 15) is 0 Å². The molecule has 0 aromatic rings. The smallest absolute Gasteiger partial charge is 0.00165 e. The second kappa shape index (κ2) is 3.61. The first-order valence-corrected chi connectivity index (χ1v) is 5.93. The average Bonchev–Trinajstić information content (AvgIpc) is 2.55. The molecule has 0 radical (unpaired) electrons. The molecule has 1 atom stereocenters. The fourth-order valence-corrected chi connectivity index (χ4v) is 3.22. The molecule has 2 fully saturated rings. The topological polar surface area (TPSA) is 3.24 Å². The number of nitrogens with zero attached hydrogens (tertiary/aromatic N) is 1. The van der Waals surface area contributed by atoms with E-state index >= 15 is 0 Å². The Kier molecular flexibility index (Phi) is 2.64. The Hall–Kier alpha value is -0.0400. The first-order chi connectivity index (χ1) is 6.24. The Bertz CT molecular complexity index is 168. The maximum absolute atomic E-state index is 2.49. The first-order valence-electron chi connectivity index (χ1n) is 5.93. The highest BCUT2D eigenvalue weighted by Gasteiger charge is 2.39. The first kappa shape index (κ1) is 9.51. The molecule has 1 unspecified atom stereocenters. The van der Waals surface area contributed by atoms with Gasteiger partial charge in [0.2, 0.25) is 0 Å². The van der Waals surface area contributed by atoms with Gasteiger partial charge in [-0.25, -0.2) is 0 Å². The van der Waals surface area contributed by atoms with Crippen molar-refractivity contribution >= 4 is 0 Å². The van der Waals surface area contributed by atoms with Crippen LogP contribution < -0.4 is 0 Å². The molecule has 1 saturated heterocycles. The van der Waals surface area contributed by atoms with E-state index in [1.165, 1.54) is 51.6 Å². The van der Waals surface area contributed by atoms with Crippen LogP contribution in [0.15, 0.2) is 0 Å². The number of piperidine rings is 1. The minimum Gasteiger partial charge on any atom is -0.306 e.